The molecule has 1 aliphatic heterocycles. The maximum atomic E-state index is 13.5. The Morgan fingerprint density at radius 2 is 1.70 bits per heavy atom. The number of likely N-dealkylation sites (tertiary alicyclic amines) is 1. The van der Waals surface area contributed by atoms with Gasteiger partial charge < -0.3 is 20.9 Å². The zero-order valence-electron chi connectivity index (χ0n) is 22.0. The standard InChI is InChI=1S/C25H37N5O6S/c1-16(2)18-11-14-30(19(31)15-26-23(34)28-24(3,4)5)20(18)21(32)27-25(12-13-25)22(33)29-37(35,36)17-9-7-6-8-10-17/h6-10,16,18,20H,11-15H2,1-5H3,(H,27,32)(H,29,33)(H2,26,28,34)/t18-,20+/m1/s1. The first kappa shape index (κ1) is 28.4. The average Bonchev–Trinajstić information content (AvgIpc) is 3.43. The van der Waals surface area contributed by atoms with E-state index in [4.69, 9.17) is 0 Å². The van der Waals surface area contributed by atoms with Crippen molar-refractivity contribution in [3.63, 3.8) is 0 Å². The van der Waals surface area contributed by atoms with Crippen LogP contribution in [0.1, 0.15) is 53.9 Å². The van der Waals surface area contributed by atoms with Crippen LogP contribution in [0.25, 0.3) is 0 Å². The number of nitrogens with zero attached hydrogens (tertiary/aromatic N) is 1. The number of hydrogen-bond acceptors (Lipinski definition) is 6. The molecule has 0 aromatic heterocycles. The summed E-state index contributed by atoms with van der Waals surface area (Å²) >= 11 is 0. The van der Waals surface area contributed by atoms with Gasteiger partial charge in [0.05, 0.1) is 11.4 Å². The van der Waals surface area contributed by atoms with E-state index in [9.17, 15) is 27.6 Å². The lowest BCUT2D eigenvalue weighted by atomic mass is 9.88. The second kappa shape index (κ2) is 10.7. The third kappa shape index (κ3) is 7.00. The topological polar surface area (TPSA) is 154 Å². The lowest BCUT2D eigenvalue weighted by Gasteiger charge is -2.31. The zero-order valence-corrected chi connectivity index (χ0v) is 22.8. The van der Waals surface area contributed by atoms with Crippen LogP contribution in [0.15, 0.2) is 35.2 Å². The predicted octanol–water partition coefficient (Wildman–Crippen LogP) is 1.11. The average molecular weight is 536 g/mol. The molecule has 37 heavy (non-hydrogen) atoms. The van der Waals surface area contributed by atoms with Crippen LogP contribution in [0.3, 0.4) is 0 Å². The van der Waals surface area contributed by atoms with Crippen molar-refractivity contribution in [3.05, 3.63) is 30.3 Å². The lowest BCUT2D eigenvalue weighted by molar-refractivity contribution is -0.140. The molecule has 1 aromatic rings. The number of carbonyl (C=O) groups excluding carboxylic acids is 4. The second-order valence-electron chi connectivity index (χ2n) is 11.1. The molecular weight excluding hydrogens is 498 g/mol. The van der Waals surface area contributed by atoms with Crippen molar-refractivity contribution in [1.29, 1.82) is 0 Å². The fraction of sp³-hybridized carbons (Fsp3) is 0.600. The molecule has 5 amide bonds. The van der Waals surface area contributed by atoms with Crippen molar-refractivity contribution in [3.8, 4) is 0 Å². The molecule has 2 fully saturated rings. The first-order valence-electron chi connectivity index (χ1n) is 12.4. The van der Waals surface area contributed by atoms with Gasteiger partial charge in [-0.1, -0.05) is 32.0 Å². The van der Waals surface area contributed by atoms with Gasteiger partial charge in [0, 0.05) is 12.1 Å². The number of carbonyl (C=O) groups is 4. The molecule has 1 aliphatic carbocycles. The molecule has 0 unspecified atom stereocenters. The van der Waals surface area contributed by atoms with E-state index in [2.05, 4.69) is 20.7 Å². The number of benzene rings is 1. The van der Waals surface area contributed by atoms with Crippen LogP contribution in [0.5, 0.6) is 0 Å². The minimum absolute atomic E-state index is 0.0547. The molecular formula is C25H37N5O6S. The van der Waals surface area contributed by atoms with Crippen molar-refractivity contribution >= 4 is 33.8 Å². The van der Waals surface area contributed by atoms with Gasteiger partial charge in [-0.2, -0.15) is 0 Å². The van der Waals surface area contributed by atoms with E-state index >= 15 is 0 Å². The Bertz CT molecular complexity index is 1140. The van der Waals surface area contributed by atoms with Gasteiger partial charge in [0.15, 0.2) is 0 Å². The highest BCUT2D eigenvalue weighted by Gasteiger charge is 2.54. The molecule has 4 N–H and O–H groups in total. The summed E-state index contributed by atoms with van der Waals surface area (Å²) in [6.07, 6.45) is 1.17. The molecule has 12 heteroatoms. The lowest BCUT2D eigenvalue weighted by Crippen LogP contribution is -2.58. The summed E-state index contributed by atoms with van der Waals surface area (Å²) in [5.74, 6) is -1.80. The summed E-state index contributed by atoms with van der Waals surface area (Å²) < 4.78 is 27.3. The van der Waals surface area contributed by atoms with Gasteiger partial charge in [-0.25, -0.2) is 17.9 Å². The Morgan fingerprint density at radius 3 is 2.24 bits per heavy atom. The normalized spacial score (nSPS) is 20.8. The Kier molecular flexibility index (Phi) is 8.21. The van der Waals surface area contributed by atoms with Crippen LogP contribution in [-0.4, -0.2) is 67.3 Å². The number of urea groups is 1. The highest BCUT2D eigenvalue weighted by molar-refractivity contribution is 7.90. The van der Waals surface area contributed by atoms with E-state index in [0.717, 1.165) is 0 Å². The Hall–Kier alpha value is -3.15. The van der Waals surface area contributed by atoms with Crippen molar-refractivity contribution in [2.75, 3.05) is 13.1 Å². The van der Waals surface area contributed by atoms with Crippen LogP contribution in [0.4, 0.5) is 4.79 Å². The Labute approximate surface area is 218 Å². The second-order valence-corrected chi connectivity index (χ2v) is 12.8. The molecule has 1 aromatic carbocycles. The minimum atomic E-state index is -4.10. The molecule has 0 radical (unpaired) electrons. The summed E-state index contributed by atoms with van der Waals surface area (Å²) in [6, 6.07) is 6.18. The van der Waals surface area contributed by atoms with Crippen molar-refractivity contribution in [2.24, 2.45) is 11.8 Å². The van der Waals surface area contributed by atoms with Crippen LogP contribution in [0.2, 0.25) is 0 Å². The Balaban J connectivity index is 1.69. The SMILES string of the molecule is CC(C)[C@H]1CCN(C(=O)CNC(=O)NC(C)(C)C)[C@@H]1C(=O)NC1(C(=O)NS(=O)(=O)c2ccccc2)CC1. The van der Waals surface area contributed by atoms with E-state index in [-0.39, 0.29) is 36.1 Å². The third-order valence-corrected chi connectivity index (χ3v) is 7.95. The number of rotatable bonds is 8. The molecule has 0 bridgehead atoms. The van der Waals surface area contributed by atoms with E-state index < -0.39 is 50.9 Å². The van der Waals surface area contributed by atoms with E-state index in [1.165, 1.54) is 17.0 Å². The van der Waals surface area contributed by atoms with Crippen LogP contribution in [-0.2, 0) is 24.4 Å². The van der Waals surface area contributed by atoms with Crippen molar-refractivity contribution < 1.29 is 27.6 Å². The summed E-state index contributed by atoms with van der Waals surface area (Å²) in [4.78, 5) is 52.9. The monoisotopic (exact) mass is 535 g/mol. The largest absolute Gasteiger partial charge is 0.340 e. The first-order valence-corrected chi connectivity index (χ1v) is 13.9. The van der Waals surface area contributed by atoms with Crippen LogP contribution >= 0.6 is 0 Å². The fourth-order valence-electron chi connectivity index (χ4n) is 4.49. The van der Waals surface area contributed by atoms with Crippen molar-refractivity contribution in [2.45, 2.75) is 75.9 Å². The quantitative estimate of drug-likeness (QED) is 0.391. The van der Waals surface area contributed by atoms with E-state index in [1.807, 2.05) is 34.6 Å². The first-order chi connectivity index (χ1) is 17.2. The van der Waals surface area contributed by atoms with Gasteiger partial charge in [0.1, 0.15) is 11.6 Å². The number of amides is 5. The molecule has 1 heterocycles. The maximum absolute atomic E-state index is 13.5. The summed E-state index contributed by atoms with van der Waals surface area (Å²) in [5.41, 5.74) is -1.82. The van der Waals surface area contributed by atoms with E-state index in [0.29, 0.717) is 13.0 Å². The predicted molar refractivity (Wildman–Crippen MR) is 137 cm³/mol. The summed E-state index contributed by atoms with van der Waals surface area (Å²) in [7, 11) is -4.10. The molecule has 3 rings (SSSR count). The molecule has 204 valence electrons. The molecule has 2 atom stereocenters. The fourth-order valence-corrected chi connectivity index (χ4v) is 5.57. The van der Waals surface area contributed by atoms with Crippen molar-refractivity contribution in [1.82, 2.24) is 25.6 Å². The molecule has 11 nitrogen and oxygen atoms in total. The zero-order chi connectivity index (χ0) is 27.6. The molecule has 2 aliphatic rings. The van der Waals surface area contributed by atoms with Gasteiger partial charge >= 0.3 is 6.03 Å². The molecule has 1 saturated heterocycles. The summed E-state index contributed by atoms with van der Waals surface area (Å²) in [6.45, 7) is 9.42. The van der Waals surface area contributed by atoms with Gasteiger partial charge in [0.2, 0.25) is 11.8 Å². The number of sulfonamides is 1. The van der Waals surface area contributed by atoms with Crippen LogP contribution < -0.4 is 20.7 Å². The third-order valence-electron chi connectivity index (χ3n) is 6.61. The Morgan fingerprint density at radius 1 is 1.08 bits per heavy atom. The smallest absolute Gasteiger partial charge is 0.315 e. The number of hydrogen-bond donors (Lipinski definition) is 4. The van der Waals surface area contributed by atoms with Gasteiger partial charge in [0.25, 0.3) is 15.9 Å². The van der Waals surface area contributed by atoms with Crippen LogP contribution in [0, 0.1) is 11.8 Å². The van der Waals surface area contributed by atoms with E-state index in [1.54, 1.807) is 18.2 Å². The summed E-state index contributed by atoms with van der Waals surface area (Å²) in [5, 5.41) is 7.99. The highest BCUT2D eigenvalue weighted by atomic mass is 32.2. The molecule has 1 saturated carbocycles. The maximum Gasteiger partial charge on any atom is 0.315 e. The number of nitrogens with one attached hydrogen (secondary N) is 4. The minimum Gasteiger partial charge on any atom is -0.340 e. The molecule has 0 spiro atoms. The highest BCUT2D eigenvalue weighted by Crippen LogP contribution is 2.38. The van der Waals surface area contributed by atoms with Gasteiger partial charge in [-0.3, -0.25) is 14.4 Å². The van der Waals surface area contributed by atoms with Gasteiger partial charge in [-0.05, 0) is 64.0 Å². The van der Waals surface area contributed by atoms with Gasteiger partial charge in [-0.15, -0.1) is 0 Å².